The summed E-state index contributed by atoms with van der Waals surface area (Å²) in [7, 11) is 0. The minimum Gasteiger partial charge on any atom is -0.459 e. The molecular weight excluding hydrogens is 294 g/mol. The van der Waals surface area contributed by atoms with Crippen LogP contribution >= 0.6 is 12.8 Å². The molecule has 1 unspecified atom stereocenters. The van der Waals surface area contributed by atoms with Crippen LogP contribution in [0.4, 0.5) is 0 Å². The second-order valence-corrected chi connectivity index (χ2v) is 6.69. The number of nitrogens with one attached hydrogen (secondary N) is 1. The maximum Gasteiger partial charge on any atom is 0.338 e. The van der Waals surface area contributed by atoms with Gasteiger partial charge in [0.2, 0.25) is 0 Å². The van der Waals surface area contributed by atoms with Crippen molar-refractivity contribution < 1.29 is 9.53 Å². The summed E-state index contributed by atoms with van der Waals surface area (Å²) in [5.74, 6) is 0.488. The Bertz CT molecular complexity index is 443. The zero-order valence-electron chi connectivity index (χ0n) is 14.1. The van der Waals surface area contributed by atoms with E-state index in [0.717, 1.165) is 17.9 Å². The second kappa shape index (κ2) is 9.90. The van der Waals surface area contributed by atoms with Gasteiger partial charge in [0.25, 0.3) is 0 Å². The van der Waals surface area contributed by atoms with Crippen LogP contribution in [0.15, 0.2) is 24.3 Å². The van der Waals surface area contributed by atoms with Crippen molar-refractivity contribution in [1.29, 1.82) is 0 Å². The average molecular weight is 324 g/mol. The Morgan fingerprint density at radius 1 is 1.09 bits per heavy atom. The number of benzene rings is 1. The molecule has 1 N–H and O–H groups in total. The monoisotopic (exact) mass is 323 g/mol. The molecule has 0 bridgehead atoms. The topological polar surface area (TPSA) is 38.3 Å². The molecular formula is C18H29NO2S. The zero-order valence-corrected chi connectivity index (χ0v) is 15.0. The SMILES string of the molecule is CC(C)CCCCC(NS)c1ccc(C(=O)OC(C)C)cc1. The highest BCUT2D eigenvalue weighted by atomic mass is 32.1. The summed E-state index contributed by atoms with van der Waals surface area (Å²) in [6, 6.07) is 7.82. The van der Waals surface area contributed by atoms with Gasteiger partial charge < -0.3 is 4.74 Å². The first-order valence-corrected chi connectivity index (χ1v) is 8.59. The van der Waals surface area contributed by atoms with E-state index in [-0.39, 0.29) is 18.1 Å². The first-order valence-electron chi connectivity index (χ1n) is 8.14. The predicted octanol–water partition coefficient (Wildman–Crippen LogP) is 4.94. The van der Waals surface area contributed by atoms with E-state index < -0.39 is 0 Å². The fourth-order valence-corrected chi connectivity index (χ4v) is 2.62. The number of ether oxygens (including phenoxy) is 1. The summed E-state index contributed by atoms with van der Waals surface area (Å²) in [6.45, 7) is 8.21. The van der Waals surface area contributed by atoms with Gasteiger partial charge in [-0.1, -0.05) is 58.1 Å². The molecule has 0 heterocycles. The molecule has 0 saturated carbocycles. The van der Waals surface area contributed by atoms with E-state index in [1.807, 2.05) is 38.1 Å². The van der Waals surface area contributed by atoms with Crippen LogP contribution in [-0.2, 0) is 4.74 Å². The van der Waals surface area contributed by atoms with E-state index >= 15 is 0 Å². The smallest absolute Gasteiger partial charge is 0.338 e. The Balaban J connectivity index is 2.57. The summed E-state index contributed by atoms with van der Waals surface area (Å²) < 4.78 is 8.26. The van der Waals surface area contributed by atoms with Gasteiger partial charge >= 0.3 is 5.97 Å². The summed E-state index contributed by atoms with van der Waals surface area (Å²) in [5.41, 5.74) is 1.75. The van der Waals surface area contributed by atoms with Gasteiger partial charge in [0.05, 0.1) is 11.7 Å². The first-order chi connectivity index (χ1) is 10.4. The summed E-state index contributed by atoms with van der Waals surface area (Å²) in [6.07, 6.45) is 4.63. The lowest BCUT2D eigenvalue weighted by molar-refractivity contribution is 0.0378. The van der Waals surface area contributed by atoms with Crippen LogP contribution in [0.1, 0.15) is 75.3 Å². The molecule has 3 nitrogen and oxygen atoms in total. The highest BCUT2D eigenvalue weighted by molar-refractivity contribution is 7.78. The van der Waals surface area contributed by atoms with Crippen molar-refractivity contribution in [1.82, 2.24) is 4.72 Å². The van der Waals surface area contributed by atoms with Gasteiger partial charge in [-0.2, -0.15) is 0 Å². The molecule has 0 amide bonds. The predicted molar refractivity (Wildman–Crippen MR) is 95.2 cm³/mol. The Morgan fingerprint density at radius 2 is 1.68 bits per heavy atom. The van der Waals surface area contributed by atoms with Gasteiger partial charge in [-0.05, 0) is 43.9 Å². The number of hydrogen-bond donors (Lipinski definition) is 2. The molecule has 0 aliphatic rings. The minimum atomic E-state index is -0.270. The lowest BCUT2D eigenvalue weighted by Gasteiger charge is -2.16. The third-order valence-electron chi connectivity index (χ3n) is 3.57. The molecule has 0 aliphatic carbocycles. The van der Waals surface area contributed by atoms with Crippen molar-refractivity contribution in [2.75, 3.05) is 0 Å². The van der Waals surface area contributed by atoms with E-state index in [0.29, 0.717) is 5.56 Å². The minimum absolute atomic E-state index is 0.0972. The molecule has 0 radical (unpaired) electrons. The summed E-state index contributed by atoms with van der Waals surface area (Å²) >= 11 is 4.24. The normalized spacial score (nSPS) is 12.7. The van der Waals surface area contributed by atoms with Crippen LogP contribution < -0.4 is 4.72 Å². The number of rotatable bonds is 9. The van der Waals surface area contributed by atoms with Crippen molar-refractivity contribution in [3.8, 4) is 0 Å². The molecule has 1 aromatic rings. The summed E-state index contributed by atoms with van der Waals surface area (Å²) in [5, 5.41) is 0. The number of carbonyl (C=O) groups excluding carboxylic acids is 1. The van der Waals surface area contributed by atoms with E-state index in [9.17, 15) is 4.79 Å². The van der Waals surface area contributed by atoms with Crippen molar-refractivity contribution in [3.05, 3.63) is 35.4 Å². The number of carbonyl (C=O) groups is 1. The van der Waals surface area contributed by atoms with Crippen LogP contribution in [0, 0.1) is 5.92 Å². The highest BCUT2D eigenvalue weighted by Crippen LogP contribution is 2.22. The lowest BCUT2D eigenvalue weighted by atomic mass is 9.98. The number of hydrogen-bond acceptors (Lipinski definition) is 4. The molecule has 124 valence electrons. The molecule has 0 aromatic heterocycles. The highest BCUT2D eigenvalue weighted by Gasteiger charge is 2.12. The van der Waals surface area contributed by atoms with Crippen LogP contribution in [0.3, 0.4) is 0 Å². The molecule has 1 aromatic carbocycles. The molecule has 0 fully saturated rings. The van der Waals surface area contributed by atoms with Crippen LogP contribution in [-0.4, -0.2) is 12.1 Å². The van der Waals surface area contributed by atoms with Crippen molar-refractivity contribution >= 4 is 18.8 Å². The van der Waals surface area contributed by atoms with Gasteiger partial charge in [-0.15, -0.1) is 0 Å². The first kappa shape index (κ1) is 19.0. The van der Waals surface area contributed by atoms with Gasteiger partial charge in [0.1, 0.15) is 0 Å². The van der Waals surface area contributed by atoms with E-state index in [2.05, 4.69) is 31.4 Å². The number of thiol groups is 1. The van der Waals surface area contributed by atoms with Gasteiger partial charge in [-0.25, -0.2) is 4.79 Å². The van der Waals surface area contributed by atoms with Gasteiger partial charge in [0.15, 0.2) is 0 Å². The molecule has 0 spiro atoms. The maximum atomic E-state index is 11.8. The number of unbranched alkanes of at least 4 members (excludes halogenated alkanes) is 1. The number of esters is 1. The van der Waals surface area contributed by atoms with E-state index in [1.165, 1.54) is 19.3 Å². The molecule has 1 atom stereocenters. The van der Waals surface area contributed by atoms with Crippen LogP contribution in [0.5, 0.6) is 0 Å². The van der Waals surface area contributed by atoms with E-state index in [1.54, 1.807) is 0 Å². The fourth-order valence-electron chi connectivity index (χ4n) is 2.34. The Hall–Kier alpha value is -1.00. The largest absolute Gasteiger partial charge is 0.459 e. The maximum absolute atomic E-state index is 11.8. The Morgan fingerprint density at radius 3 is 2.18 bits per heavy atom. The zero-order chi connectivity index (χ0) is 16.5. The lowest BCUT2D eigenvalue weighted by Crippen LogP contribution is -2.13. The fraction of sp³-hybridized carbons (Fsp3) is 0.611. The van der Waals surface area contributed by atoms with Crippen LogP contribution in [0.25, 0.3) is 0 Å². The van der Waals surface area contributed by atoms with E-state index in [4.69, 9.17) is 4.74 Å². The molecule has 0 aliphatic heterocycles. The molecule has 22 heavy (non-hydrogen) atoms. The third-order valence-corrected chi connectivity index (χ3v) is 3.88. The van der Waals surface area contributed by atoms with Gasteiger partial charge in [-0.3, -0.25) is 4.72 Å². The molecule has 1 rings (SSSR count). The third kappa shape index (κ3) is 6.84. The molecule has 0 saturated heterocycles. The Kier molecular flexibility index (Phi) is 8.57. The average Bonchev–Trinajstić information content (AvgIpc) is 2.46. The Labute approximate surface area is 140 Å². The van der Waals surface area contributed by atoms with Gasteiger partial charge in [0, 0.05) is 6.04 Å². The second-order valence-electron chi connectivity index (χ2n) is 6.44. The quantitative estimate of drug-likeness (QED) is 0.384. The summed E-state index contributed by atoms with van der Waals surface area (Å²) in [4.78, 5) is 11.8. The van der Waals surface area contributed by atoms with Crippen molar-refractivity contribution in [2.24, 2.45) is 5.92 Å². The van der Waals surface area contributed by atoms with Crippen LogP contribution in [0.2, 0.25) is 0 Å². The standard InChI is InChI=1S/C18H29NO2S/c1-13(2)7-5-6-8-17(19-22)15-9-11-16(12-10-15)18(20)21-14(3)4/h9-14,17,19,22H,5-8H2,1-4H3. The van der Waals surface area contributed by atoms with Crippen molar-refractivity contribution in [2.45, 2.75) is 65.5 Å². The van der Waals surface area contributed by atoms with Crippen molar-refractivity contribution in [3.63, 3.8) is 0 Å². The molecule has 4 heteroatoms.